The van der Waals surface area contributed by atoms with E-state index in [1.54, 1.807) is 12.3 Å². The molecule has 1 saturated heterocycles. The molecule has 2 fully saturated rings. The summed E-state index contributed by atoms with van der Waals surface area (Å²) in [4.78, 5) is 38.5. The maximum Gasteiger partial charge on any atom is 0.417 e. The van der Waals surface area contributed by atoms with Gasteiger partial charge in [0.1, 0.15) is 11.2 Å². The first-order valence-electron chi connectivity index (χ1n) is 12.3. The number of carbonyl (C=O) groups is 2. The number of piperazine rings is 1. The Morgan fingerprint density at radius 2 is 1.69 bits per heavy atom. The molecule has 192 valence electrons. The number of rotatable bonds is 7. The van der Waals surface area contributed by atoms with E-state index >= 15 is 0 Å². The number of nitrogens with zero attached hydrogens (tertiary/aromatic N) is 4. The molecule has 1 aromatic heterocycles. The Labute approximate surface area is 208 Å². The van der Waals surface area contributed by atoms with Gasteiger partial charge in [-0.3, -0.25) is 14.6 Å². The first kappa shape index (κ1) is 25.7. The first-order valence-corrected chi connectivity index (χ1v) is 12.3. The lowest BCUT2D eigenvalue weighted by atomic mass is 10.1. The molecule has 0 unspecified atom stereocenters. The molecular weight excluding hydrogens is 471 g/mol. The molecule has 4 rings (SSSR count). The molecule has 0 spiro atoms. The van der Waals surface area contributed by atoms with Gasteiger partial charge in [-0.1, -0.05) is 31.5 Å². The van der Waals surface area contributed by atoms with Gasteiger partial charge in [-0.2, -0.15) is 13.2 Å². The SMILES string of the molecule is CCCCNC(=O)C1(N=C(c2ccccn2)N2CCN(C(=O)c3ccccc3C(F)(F)F)CC2)CC1. The summed E-state index contributed by atoms with van der Waals surface area (Å²) in [6.07, 6.45) is 0.211. The minimum atomic E-state index is -4.61. The molecule has 0 radical (unpaired) electrons. The van der Waals surface area contributed by atoms with Crippen LogP contribution in [0.25, 0.3) is 0 Å². The number of amidine groups is 1. The summed E-state index contributed by atoms with van der Waals surface area (Å²) in [5, 5.41) is 2.97. The highest BCUT2D eigenvalue weighted by Crippen LogP contribution is 2.41. The number of aliphatic imine (C=N–C) groups is 1. The largest absolute Gasteiger partial charge is 0.417 e. The average Bonchev–Trinajstić information content (AvgIpc) is 3.68. The van der Waals surface area contributed by atoms with Crippen LogP contribution in [-0.4, -0.2) is 70.7 Å². The fraction of sp³-hybridized carbons (Fsp3) is 0.462. The maximum absolute atomic E-state index is 13.4. The number of alkyl halides is 3. The second-order valence-corrected chi connectivity index (χ2v) is 9.11. The minimum absolute atomic E-state index is 0.0954. The zero-order valence-corrected chi connectivity index (χ0v) is 20.2. The van der Waals surface area contributed by atoms with Crippen molar-refractivity contribution in [3.05, 3.63) is 65.5 Å². The highest BCUT2D eigenvalue weighted by Gasteiger charge is 2.51. The molecule has 2 aromatic rings. The van der Waals surface area contributed by atoms with Crippen molar-refractivity contribution in [1.82, 2.24) is 20.1 Å². The van der Waals surface area contributed by atoms with Crippen molar-refractivity contribution in [2.75, 3.05) is 32.7 Å². The second-order valence-electron chi connectivity index (χ2n) is 9.11. The Hall–Kier alpha value is -3.43. The fourth-order valence-corrected chi connectivity index (χ4v) is 4.25. The highest BCUT2D eigenvalue weighted by molar-refractivity contribution is 6.01. The van der Waals surface area contributed by atoms with Gasteiger partial charge in [0, 0.05) is 38.9 Å². The van der Waals surface area contributed by atoms with Gasteiger partial charge < -0.3 is 15.1 Å². The third-order valence-corrected chi connectivity index (χ3v) is 6.51. The molecular formula is C26H30F3N5O2. The molecule has 1 N–H and O–H groups in total. The molecule has 0 atom stereocenters. The van der Waals surface area contributed by atoms with Crippen LogP contribution in [0.1, 0.15) is 54.2 Å². The van der Waals surface area contributed by atoms with Gasteiger partial charge in [0.25, 0.3) is 5.91 Å². The molecule has 36 heavy (non-hydrogen) atoms. The number of pyridine rings is 1. The van der Waals surface area contributed by atoms with E-state index in [0.29, 0.717) is 44.0 Å². The normalized spacial score (nSPS) is 17.6. The van der Waals surface area contributed by atoms with Gasteiger partial charge in [-0.25, -0.2) is 4.99 Å². The van der Waals surface area contributed by atoms with Gasteiger partial charge >= 0.3 is 6.18 Å². The third kappa shape index (κ3) is 5.68. The molecule has 7 nitrogen and oxygen atoms in total. The van der Waals surface area contributed by atoms with Crippen molar-refractivity contribution in [3.8, 4) is 0 Å². The summed E-state index contributed by atoms with van der Waals surface area (Å²) in [6, 6.07) is 10.3. The van der Waals surface area contributed by atoms with Gasteiger partial charge in [-0.15, -0.1) is 0 Å². The summed E-state index contributed by atoms with van der Waals surface area (Å²) in [7, 11) is 0. The summed E-state index contributed by atoms with van der Waals surface area (Å²) in [6.45, 7) is 3.85. The van der Waals surface area contributed by atoms with E-state index < -0.39 is 23.2 Å². The van der Waals surface area contributed by atoms with Crippen LogP contribution in [0.2, 0.25) is 0 Å². The molecule has 1 saturated carbocycles. The van der Waals surface area contributed by atoms with E-state index in [9.17, 15) is 22.8 Å². The Morgan fingerprint density at radius 3 is 2.31 bits per heavy atom. The molecule has 2 amide bonds. The van der Waals surface area contributed by atoms with Crippen molar-refractivity contribution in [2.45, 2.75) is 44.3 Å². The van der Waals surface area contributed by atoms with Crippen molar-refractivity contribution < 1.29 is 22.8 Å². The van der Waals surface area contributed by atoms with Gasteiger partial charge in [0.2, 0.25) is 5.91 Å². The number of halogens is 3. The number of benzene rings is 1. The van der Waals surface area contributed by atoms with E-state index in [0.717, 1.165) is 18.9 Å². The van der Waals surface area contributed by atoms with Crippen LogP contribution in [0.15, 0.2) is 53.7 Å². The van der Waals surface area contributed by atoms with E-state index in [4.69, 9.17) is 4.99 Å². The van der Waals surface area contributed by atoms with Crippen molar-refractivity contribution in [2.24, 2.45) is 4.99 Å². The quantitative estimate of drug-likeness (QED) is 0.356. The molecule has 10 heteroatoms. The van der Waals surface area contributed by atoms with Crippen LogP contribution in [-0.2, 0) is 11.0 Å². The lowest BCUT2D eigenvalue weighted by molar-refractivity contribution is -0.138. The summed E-state index contributed by atoms with van der Waals surface area (Å²) >= 11 is 0. The number of hydrogen-bond donors (Lipinski definition) is 1. The summed E-state index contributed by atoms with van der Waals surface area (Å²) < 4.78 is 40.3. The third-order valence-electron chi connectivity index (χ3n) is 6.51. The Kier molecular flexibility index (Phi) is 7.61. The van der Waals surface area contributed by atoms with E-state index in [2.05, 4.69) is 17.2 Å². The summed E-state index contributed by atoms with van der Waals surface area (Å²) in [5.41, 5.74) is -1.48. The predicted octanol–water partition coefficient (Wildman–Crippen LogP) is 3.75. The van der Waals surface area contributed by atoms with Crippen LogP contribution in [0.3, 0.4) is 0 Å². The molecule has 2 heterocycles. The zero-order valence-electron chi connectivity index (χ0n) is 20.2. The standard InChI is InChI=1S/C26H30F3N5O2/c1-2-3-13-31-24(36)25(11-12-25)32-22(21-10-6-7-14-30-21)33-15-17-34(18-16-33)23(35)19-8-4-5-9-20(19)26(27,28)29/h4-10,14H,2-3,11-13,15-18H2,1H3,(H,31,36). The maximum atomic E-state index is 13.4. The molecule has 1 aromatic carbocycles. The van der Waals surface area contributed by atoms with Crippen molar-refractivity contribution in [1.29, 1.82) is 0 Å². The Bertz CT molecular complexity index is 1110. The topological polar surface area (TPSA) is 77.9 Å². The number of carbonyl (C=O) groups excluding carboxylic acids is 2. The zero-order chi connectivity index (χ0) is 25.8. The Morgan fingerprint density at radius 1 is 1.03 bits per heavy atom. The molecule has 2 aliphatic rings. The molecule has 1 aliphatic carbocycles. The lowest BCUT2D eigenvalue weighted by Crippen LogP contribution is -2.51. The van der Waals surface area contributed by atoms with Crippen LogP contribution >= 0.6 is 0 Å². The van der Waals surface area contributed by atoms with Crippen LogP contribution in [0.5, 0.6) is 0 Å². The summed E-state index contributed by atoms with van der Waals surface area (Å²) in [5.74, 6) is -0.170. The highest BCUT2D eigenvalue weighted by atomic mass is 19.4. The molecule has 0 bridgehead atoms. The number of aromatic nitrogens is 1. The van der Waals surface area contributed by atoms with E-state index in [1.807, 2.05) is 17.0 Å². The lowest BCUT2D eigenvalue weighted by Gasteiger charge is -2.37. The first-order chi connectivity index (χ1) is 17.2. The van der Waals surface area contributed by atoms with Crippen LogP contribution < -0.4 is 5.32 Å². The Balaban J connectivity index is 1.52. The monoisotopic (exact) mass is 501 g/mol. The second kappa shape index (κ2) is 10.7. The van der Waals surface area contributed by atoms with Crippen molar-refractivity contribution >= 4 is 17.6 Å². The average molecular weight is 502 g/mol. The number of amides is 2. The van der Waals surface area contributed by atoms with Crippen LogP contribution in [0.4, 0.5) is 13.2 Å². The van der Waals surface area contributed by atoms with Crippen LogP contribution in [0, 0.1) is 0 Å². The molecule has 1 aliphatic heterocycles. The van der Waals surface area contributed by atoms with Gasteiger partial charge in [0.15, 0.2) is 5.84 Å². The van der Waals surface area contributed by atoms with E-state index in [-0.39, 0.29) is 24.6 Å². The van der Waals surface area contributed by atoms with Gasteiger partial charge in [0.05, 0.1) is 11.1 Å². The predicted molar refractivity (Wildman–Crippen MR) is 130 cm³/mol. The fourth-order valence-electron chi connectivity index (χ4n) is 4.25. The number of hydrogen-bond acceptors (Lipinski definition) is 4. The van der Waals surface area contributed by atoms with Crippen molar-refractivity contribution in [3.63, 3.8) is 0 Å². The van der Waals surface area contributed by atoms with E-state index in [1.165, 1.54) is 23.1 Å². The smallest absolute Gasteiger partial charge is 0.354 e. The number of unbranched alkanes of at least 4 members (excludes halogenated alkanes) is 1. The number of nitrogens with one attached hydrogen (secondary N) is 1. The van der Waals surface area contributed by atoms with Gasteiger partial charge in [-0.05, 0) is 43.5 Å². The minimum Gasteiger partial charge on any atom is -0.354 e.